The summed E-state index contributed by atoms with van der Waals surface area (Å²) in [5, 5.41) is 6.25. The number of anilines is 1. The second-order valence-corrected chi connectivity index (χ2v) is 6.65. The molecule has 1 aromatic carbocycles. The molecular formula is C21H29N3O2. The molecule has 1 aliphatic rings. The minimum absolute atomic E-state index is 0.0301. The quantitative estimate of drug-likeness (QED) is 0.669. The predicted octanol–water partition coefficient (Wildman–Crippen LogP) is 3.22. The van der Waals surface area contributed by atoms with Crippen molar-refractivity contribution in [1.29, 1.82) is 0 Å². The number of hydrogen-bond donors (Lipinski definition) is 2. The van der Waals surface area contributed by atoms with E-state index in [0.717, 1.165) is 38.0 Å². The minimum Gasteiger partial charge on any atom is -0.331 e. The van der Waals surface area contributed by atoms with E-state index in [4.69, 9.17) is 0 Å². The van der Waals surface area contributed by atoms with Crippen LogP contribution < -0.4 is 10.6 Å². The van der Waals surface area contributed by atoms with Crippen molar-refractivity contribution in [2.75, 3.05) is 31.5 Å². The van der Waals surface area contributed by atoms with Gasteiger partial charge in [-0.2, -0.15) is 0 Å². The Balaban J connectivity index is 1.85. The molecule has 0 spiro atoms. The highest BCUT2D eigenvalue weighted by Gasteiger charge is 2.15. The highest BCUT2D eigenvalue weighted by Crippen LogP contribution is 2.18. The first-order valence-corrected chi connectivity index (χ1v) is 9.25. The highest BCUT2D eigenvalue weighted by molar-refractivity contribution is 5.96. The Kier molecular flexibility index (Phi) is 8.09. The average molecular weight is 355 g/mol. The fourth-order valence-corrected chi connectivity index (χ4v) is 3.16. The molecule has 1 fully saturated rings. The van der Waals surface area contributed by atoms with Crippen molar-refractivity contribution in [2.45, 2.75) is 25.7 Å². The zero-order valence-electron chi connectivity index (χ0n) is 15.4. The molecule has 1 saturated heterocycles. The lowest BCUT2D eigenvalue weighted by Gasteiger charge is -2.22. The molecule has 1 aromatic rings. The zero-order valence-corrected chi connectivity index (χ0v) is 15.4. The van der Waals surface area contributed by atoms with E-state index < -0.39 is 0 Å². The third kappa shape index (κ3) is 6.15. The van der Waals surface area contributed by atoms with Crippen LogP contribution in [0.2, 0.25) is 0 Å². The first-order valence-electron chi connectivity index (χ1n) is 9.25. The van der Waals surface area contributed by atoms with E-state index >= 15 is 0 Å². The standard InChI is InChI=1S/C21H29N3O2/c1-3-15-24(16-4-2)21(26)18-6-8-19(9-7-18)23-20(25)10-5-17-11-13-22-14-12-17/h3-4,6-9,17,22H,1-2,5,10-16H2,(H,23,25). The van der Waals surface area contributed by atoms with E-state index in [9.17, 15) is 9.59 Å². The van der Waals surface area contributed by atoms with Gasteiger partial charge in [-0.05, 0) is 62.5 Å². The maximum Gasteiger partial charge on any atom is 0.254 e. The molecule has 0 aromatic heterocycles. The minimum atomic E-state index is -0.0754. The summed E-state index contributed by atoms with van der Waals surface area (Å²) in [6.45, 7) is 10.4. The number of carbonyl (C=O) groups is 2. The van der Waals surface area contributed by atoms with Crippen LogP contribution in [0.5, 0.6) is 0 Å². The van der Waals surface area contributed by atoms with Crippen molar-refractivity contribution < 1.29 is 9.59 Å². The van der Waals surface area contributed by atoms with Crippen molar-refractivity contribution in [1.82, 2.24) is 10.2 Å². The third-order valence-corrected chi connectivity index (χ3v) is 4.64. The summed E-state index contributed by atoms with van der Waals surface area (Å²) in [6.07, 6.45) is 7.16. The molecule has 0 radical (unpaired) electrons. The summed E-state index contributed by atoms with van der Waals surface area (Å²) < 4.78 is 0. The van der Waals surface area contributed by atoms with Crippen LogP contribution in [0.1, 0.15) is 36.0 Å². The Hall–Kier alpha value is -2.40. The van der Waals surface area contributed by atoms with Crippen LogP contribution in [-0.4, -0.2) is 42.9 Å². The molecule has 0 aliphatic carbocycles. The molecule has 0 bridgehead atoms. The fraction of sp³-hybridized carbons (Fsp3) is 0.429. The topological polar surface area (TPSA) is 61.4 Å². The number of nitrogens with zero attached hydrogens (tertiary/aromatic N) is 1. The lowest BCUT2D eigenvalue weighted by atomic mass is 9.93. The van der Waals surface area contributed by atoms with Gasteiger partial charge in [0.05, 0.1) is 0 Å². The predicted molar refractivity (Wildman–Crippen MR) is 106 cm³/mol. The number of amides is 2. The third-order valence-electron chi connectivity index (χ3n) is 4.64. The molecule has 0 saturated carbocycles. The lowest BCUT2D eigenvalue weighted by Crippen LogP contribution is -2.31. The Morgan fingerprint density at radius 1 is 1.12 bits per heavy atom. The van der Waals surface area contributed by atoms with E-state index in [0.29, 0.717) is 31.0 Å². The van der Waals surface area contributed by atoms with Gasteiger partial charge in [0.15, 0.2) is 0 Å². The first-order chi connectivity index (χ1) is 12.6. The van der Waals surface area contributed by atoms with Gasteiger partial charge in [0, 0.05) is 30.8 Å². The summed E-state index contributed by atoms with van der Waals surface area (Å²) in [5.41, 5.74) is 1.30. The van der Waals surface area contributed by atoms with Gasteiger partial charge in [-0.15, -0.1) is 13.2 Å². The van der Waals surface area contributed by atoms with Gasteiger partial charge in [0.25, 0.3) is 5.91 Å². The molecule has 2 N–H and O–H groups in total. The fourth-order valence-electron chi connectivity index (χ4n) is 3.16. The van der Waals surface area contributed by atoms with Crippen molar-refractivity contribution in [3.63, 3.8) is 0 Å². The van der Waals surface area contributed by atoms with Crippen molar-refractivity contribution in [3.05, 3.63) is 55.1 Å². The number of carbonyl (C=O) groups excluding carboxylic acids is 2. The van der Waals surface area contributed by atoms with E-state index in [1.165, 1.54) is 0 Å². The summed E-state index contributed by atoms with van der Waals surface area (Å²) in [6, 6.07) is 7.03. The highest BCUT2D eigenvalue weighted by atomic mass is 16.2. The molecule has 2 amide bonds. The number of piperidine rings is 1. The van der Waals surface area contributed by atoms with E-state index in [1.807, 2.05) is 0 Å². The van der Waals surface area contributed by atoms with Crippen LogP contribution in [0.4, 0.5) is 5.69 Å². The summed E-state index contributed by atoms with van der Waals surface area (Å²) in [5.74, 6) is 0.596. The monoisotopic (exact) mass is 355 g/mol. The van der Waals surface area contributed by atoms with E-state index in [-0.39, 0.29) is 11.8 Å². The van der Waals surface area contributed by atoms with Gasteiger partial charge in [-0.3, -0.25) is 9.59 Å². The SMILES string of the molecule is C=CCN(CC=C)C(=O)c1ccc(NC(=O)CCC2CCNCC2)cc1. The smallest absolute Gasteiger partial charge is 0.254 e. The maximum absolute atomic E-state index is 12.5. The number of rotatable bonds is 9. The second-order valence-electron chi connectivity index (χ2n) is 6.65. The van der Waals surface area contributed by atoms with Gasteiger partial charge in [-0.1, -0.05) is 12.2 Å². The lowest BCUT2D eigenvalue weighted by molar-refractivity contribution is -0.116. The Bertz CT molecular complexity index is 609. The molecule has 26 heavy (non-hydrogen) atoms. The molecule has 1 aliphatic heterocycles. The summed E-state index contributed by atoms with van der Waals surface area (Å²) in [4.78, 5) is 26.3. The van der Waals surface area contributed by atoms with Gasteiger partial charge in [-0.25, -0.2) is 0 Å². The van der Waals surface area contributed by atoms with Crippen molar-refractivity contribution >= 4 is 17.5 Å². The Labute approximate surface area is 156 Å². The number of hydrogen-bond acceptors (Lipinski definition) is 3. The van der Waals surface area contributed by atoms with E-state index in [1.54, 1.807) is 41.3 Å². The Morgan fingerprint density at radius 3 is 2.31 bits per heavy atom. The van der Waals surface area contributed by atoms with Crippen LogP contribution in [0, 0.1) is 5.92 Å². The Morgan fingerprint density at radius 2 is 1.73 bits per heavy atom. The number of nitrogens with one attached hydrogen (secondary N) is 2. The molecular weight excluding hydrogens is 326 g/mol. The summed E-state index contributed by atoms with van der Waals surface area (Å²) in [7, 11) is 0. The van der Waals surface area contributed by atoms with Crippen molar-refractivity contribution in [2.24, 2.45) is 5.92 Å². The molecule has 2 rings (SSSR count). The van der Waals surface area contributed by atoms with Gasteiger partial charge >= 0.3 is 0 Å². The van der Waals surface area contributed by atoms with E-state index in [2.05, 4.69) is 23.8 Å². The number of benzene rings is 1. The molecule has 140 valence electrons. The van der Waals surface area contributed by atoms with Gasteiger partial charge < -0.3 is 15.5 Å². The van der Waals surface area contributed by atoms with Crippen molar-refractivity contribution in [3.8, 4) is 0 Å². The maximum atomic E-state index is 12.5. The molecule has 1 heterocycles. The zero-order chi connectivity index (χ0) is 18.8. The first kappa shape index (κ1) is 19.9. The molecule has 5 heteroatoms. The second kappa shape index (κ2) is 10.6. The van der Waals surface area contributed by atoms with Crippen LogP contribution in [0.3, 0.4) is 0 Å². The summed E-state index contributed by atoms with van der Waals surface area (Å²) >= 11 is 0. The largest absolute Gasteiger partial charge is 0.331 e. The van der Waals surface area contributed by atoms with Crippen LogP contribution in [0.25, 0.3) is 0 Å². The van der Waals surface area contributed by atoms with Crippen LogP contribution in [-0.2, 0) is 4.79 Å². The normalized spacial score (nSPS) is 14.5. The molecule has 0 unspecified atom stereocenters. The van der Waals surface area contributed by atoms with Crippen LogP contribution >= 0.6 is 0 Å². The molecule has 0 atom stereocenters. The molecule has 5 nitrogen and oxygen atoms in total. The van der Waals surface area contributed by atoms with Gasteiger partial charge in [0.1, 0.15) is 0 Å². The van der Waals surface area contributed by atoms with Crippen LogP contribution in [0.15, 0.2) is 49.6 Å². The van der Waals surface area contributed by atoms with Gasteiger partial charge in [0.2, 0.25) is 5.91 Å². The average Bonchev–Trinajstić information content (AvgIpc) is 2.67.